The monoisotopic (exact) mass is 587 g/mol. The van der Waals surface area contributed by atoms with Crippen molar-refractivity contribution in [2.75, 3.05) is 13.7 Å². The lowest BCUT2D eigenvalue weighted by Crippen LogP contribution is -2.56. The van der Waals surface area contributed by atoms with Gasteiger partial charge in [-0.25, -0.2) is 14.0 Å². The fourth-order valence-electron chi connectivity index (χ4n) is 5.88. The predicted octanol–water partition coefficient (Wildman–Crippen LogP) is 7.24. The van der Waals surface area contributed by atoms with Gasteiger partial charge < -0.3 is 13.9 Å². The van der Waals surface area contributed by atoms with Crippen molar-refractivity contribution in [1.82, 2.24) is 4.90 Å². The van der Waals surface area contributed by atoms with Gasteiger partial charge in [-0.15, -0.1) is 0 Å². The lowest BCUT2D eigenvalue weighted by Gasteiger charge is -2.44. The number of ether oxygens (including phenoxy) is 2. The van der Waals surface area contributed by atoms with Crippen molar-refractivity contribution in [1.29, 1.82) is 0 Å². The quantitative estimate of drug-likeness (QED) is 0.237. The zero-order valence-electron chi connectivity index (χ0n) is 23.4. The summed E-state index contributed by atoms with van der Waals surface area (Å²) in [5, 5.41) is 0. The summed E-state index contributed by atoms with van der Waals surface area (Å²) >= 11 is 3.23. The number of esters is 1. The molecule has 0 unspecified atom stereocenters. The topological polar surface area (TPSA) is 65.1 Å². The zero-order chi connectivity index (χ0) is 27.6. The van der Waals surface area contributed by atoms with Crippen molar-refractivity contribution in [3.8, 4) is 0 Å². The molecule has 0 spiro atoms. The molecule has 1 heterocycles. The summed E-state index contributed by atoms with van der Waals surface area (Å²) in [6.07, 6.45) is -0.531. The van der Waals surface area contributed by atoms with Gasteiger partial charge in [0.25, 0.3) is 0 Å². The molecule has 0 aromatic heterocycles. The average molecular weight is 589 g/mol. The Morgan fingerprint density at radius 1 is 1.14 bits per heavy atom. The Kier molecular flexibility index (Phi) is 9.84. The summed E-state index contributed by atoms with van der Waals surface area (Å²) in [5.74, 6) is -0.935. The number of carbonyl (C=O) groups is 2. The predicted molar refractivity (Wildman–Crippen MR) is 146 cm³/mol. The van der Waals surface area contributed by atoms with Crippen LogP contribution in [0.5, 0.6) is 0 Å². The maximum Gasteiger partial charge on any atom is 0.411 e. The molecule has 1 aromatic carbocycles. The molecular formula is C27H43BrFNO5Si. The number of amides is 1. The van der Waals surface area contributed by atoms with Gasteiger partial charge in [-0.2, -0.15) is 0 Å². The average Bonchev–Trinajstić information content (AvgIpc) is 3.11. The van der Waals surface area contributed by atoms with Gasteiger partial charge in [0.2, 0.25) is 8.32 Å². The van der Waals surface area contributed by atoms with Crippen LogP contribution in [0.25, 0.3) is 0 Å². The molecule has 1 amide bonds. The van der Waals surface area contributed by atoms with Crippen LogP contribution < -0.4 is 0 Å². The first-order valence-electron chi connectivity index (χ1n) is 12.7. The molecule has 1 fully saturated rings. The van der Waals surface area contributed by atoms with Crippen molar-refractivity contribution in [2.45, 2.75) is 109 Å². The van der Waals surface area contributed by atoms with Crippen LogP contribution in [-0.4, -0.2) is 56.2 Å². The number of methoxy groups -OCH3 is 1. The number of halogens is 2. The van der Waals surface area contributed by atoms with Crippen molar-refractivity contribution in [2.24, 2.45) is 0 Å². The van der Waals surface area contributed by atoms with E-state index in [1.54, 1.807) is 32.9 Å². The van der Waals surface area contributed by atoms with E-state index in [9.17, 15) is 14.0 Å². The molecule has 0 saturated carbocycles. The van der Waals surface area contributed by atoms with E-state index in [4.69, 9.17) is 13.9 Å². The van der Waals surface area contributed by atoms with Crippen LogP contribution in [0, 0.1) is 5.82 Å². The summed E-state index contributed by atoms with van der Waals surface area (Å²) in [6, 6.07) is 4.61. The first-order chi connectivity index (χ1) is 16.5. The second kappa shape index (κ2) is 11.5. The molecule has 2 atom stereocenters. The van der Waals surface area contributed by atoms with Crippen LogP contribution in [0.4, 0.5) is 9.18 Å². The Morgan fingerprint density at radius 3 is 2.14 bits per heavy atom. The van der Waals surface area contributed by atoms with Gasteiger partial charge in [-0.3, -0.25) is 4.90 Å². The fraction of sp³-hybridized carbons (Fsp3) is 0.704. The van der Waals surface area contributed by atoms with Crippen LogP contribution in [-0.2, 0) is 25.1 Å². The van der Waals surface area contributed by atoms with Gasteiger partial charge in [0.05, 0.1) is 24.2 Å². The Bertz CT molecular complexity index is 927. The number of nitrogens with zero attached hydrogens (tertiary/aromatic N) is 1. The van der Waals surface area contributed by atoms with E-state index in [-0.39, 0.29) is 25.5 Å². The molecule has 1 aromatic rings. The maximum atomic E-state index is 14.0. The molecular weight excluding hydrogens is 545 g/mol. The highest BCUT2D eigenvalue weighted by Gasteiger charge is 2.58. The SMILES string of the molecule is COC(=O)[C@]1(Cc2ccc(F)c(Br)c2)C[C@H](O[Si](C(C)C)(C(C)C)C(C)C)CN1C(=O)OC(C)(C)C. The molecule has 204 valence electrons. The summed E-state index contributed by atoms with van der Waals surface area (Å²) in [7, 11) is -0.987. The van der Waals surface area contributed by atoms with E-state index in [2.05, 4.69) is 57.5 Å². The third-order valence-electron chi connectivity index (χ3n) is 7.21. The van der Waals surface area contributed by atoms with E-state index in [1.165, 1.54) is 18.1 Å². The van der Waals surface area contributed by atoms with Crippen molar-refractivity contribution in [3.63, 3.8) is 0 Å². The third-order valence-corrected chi connectivity index (χ3v) is 14.0. The third kappa shape index (κ3) is 6.33. The Morgan fingerprint density at radius 2 is 1.69 bits per heavy atom. The van der Waals surface area contributed by atoms with E-state index in [0.29, 0.717) is 26.7 Å². The smallest absolute Gasteiger partial charge is 0.411 e. The van der Waals surface area contributed by atoms with E-state index < -0.39 is 37.3 Å². The van der Waals surface area contributed by atoms with E-state index in [0.717, 1.165) is 0 Å². The zero-order valence-corrected chi connectivity index (χ0v) is 26.0. The normalized spacial score (nSPS) is 21.0. The second-order valence-corrected chi connectivity index (χ2v) is 18.1. The molecule has 1 aliphatic heterocycles. The van der Waals surface area contributed by atoms with Crippen molar-refractivity contribution >= 4 is 36.3 Å². The molecule has 0 bridgehead atoms. The fourth-order valence-corrected chi connectivity index (χ4v) is 11.9. The van der Waals surface area contributed by atoms with Crippen molar-refractivity contribution in [3.05, 3.63) is 34.1 Å². The first kappa shape index (κ1) is 30.8. The summed E-state index contributed by atoms with van der Waals surface area (Å²) in [6.45, 7) is 18.8. The number of carbonyl (C=O) groups excluding carboxylic acids is 2. The highest BCUT2D eigenvalue weighted by atomic mass is 79.9. The van der Waals surface area contributed by atoms with E-state index >= 15 is 0 Å². The lowest BCUT2D eigenvalue weighted by atomic mass is 9.87. The summed E-state index contributed by atoms with van der Waals surface area (Å²) in [4.78, 5) is 28.5. The first-order valence-corrected chi connectivity index (χ1v) is 15.6. The van der Waals surface area contributed by atoms with Gasteiger partial charge in [0.15, 0.2) is 0 Å². The molecule has 36 heavy (non-hydrogen) atoms. The van der Waals surface area contributed by atoms with Gasteiger partial charge in [-0.1, -0.05) is 47.6 Å². The number of benzene rings is 1. The second-order valence-electron chi connectivity index (χ2n) is 11.8. The van der Waals surface area contributed by atoms with Crippen LogP contribution in [0.1, 0.15) is 74.3 Å². The summed E-state index contributed by atoms with van der Waals surface area (Å²) in [5.41, 5.74) is -0.369. The highest BCUT2D eigenvalue weighted by Crippen LogP contribution is 2.46. The summed E-state index contributed by atoms with van der Waals surface area (Å²) < 4.78 is 32.3. The number of rotatable bonds is 8. The van der Waals surface area contributed by atoms with Gasteiger partial charge in [0, 0.05) is 12.8 Å². The van der Waals surface area contributed by atoms with Crippen LogP contribution in [0.3, 0.4) is 0 Å². The van der Waals surface area contributed by atoms with Crippen LogP contribution in [0.15, 0.2) is 22.7 Å². The van der Waals surface area contributed by atoms with Crippen molar-refractivity contribution < 1.29 is 27.9 Å². The lowest BCUT2D eigenvalue weighted by molar-refractivity contribution is -0.153. The number of hydrogen-bond acceptors (Lipinski definition) is 5. The standard InChI is InChI=1S/C27H43BrFNO5Si/c1-17(2)36(18(3)4,19(5)6)35-21-15-27(24(31)33-10,14-20-11-12-23(29)22(28)13-20)30(16-21)25(32)34-26(7,8)9/h11-13,17-19,21H,14-16H2,1-10H3/t21-,27-/m0/s1. The molecule has 2 rings (SSSR count). The Balaban J connectivity index is 2.61. The van der Waals surface area contributed by atoms with Crippen LogP contribution in [0.2, 0.25) is 16.6 Å². The largest absolute Gasteiger partial charge is 0.467 e. The molecule has 9 heteroatoms. The molecule has 6 nitrogen and oxygen atoms in total. The van der Waals surface area contributed by atoms with Gasteiger partial charge >= 0.3 is 12.1 Å². The van der Waals surface area contributed by atoms with Crippen LogP contribution >= 0.6 is 15.9 Å². The maximum absolute atomic E-state index is 14.0. The van der Waals surface area contributed by atoms with E-state index in [1.807, 2.05) is 0 Å². The van der Waals surface area contributed by atoms with Gasteiger partial charge in [0.1, 0.15) is 17.0 Å². The Labute approximate surface area is 225 Å². The minimum absolute atomic E-state index is 0.150. The minimum atomic E-state index is -2.31. The number of hydrogen-bond donors (Lipinski definition) is 0. The molecule has 1 aliphatic rings. The molecule has 0 N–H and O–H groups in total. The molecule has 0 aliphatic carbocycles. The number of likely N-dealkylation sites (tertiary alicyclic amines) is 1. The molecule has 1 saturated heterocycles. The Hall–Kier alpha value is -1.45. The minimum Gasteiger partial charge on any atom is -0.467 e. The van der Waals surface area contributed by atoms with Gasteiger partial charge in [-0.05, 0) is 71.0 Å². The molecule has 0 radical (unpaired) electrons. The highest BCUT2D eigenvalue weighted by molar-refractivity contribution is 9.10.